The van der Waals surface area contributed by atoms with Crippen molar-refractivity contribution >= 4 is 9.84 Å². The molecule has 1 heterocycles. The molecule has 1 aromatic carbocycles. The summed E-state index contributed by atoms with van der Waals surface area (Å²) in [6.07, 6.45) is 5.88. The average molecular weight is 379 g/mol. The highest BCUT2D eigenvalue weighted by atomic mass is 32.2. The van der Waals surface area contributed by atoms with Crippen LogP contribution in [-0.4, -0.2) is 33.7 Å². The largest absolute Gasteiger partial charge is 0.356 e. The Hall–Kier alpha value is -0.910. The highest BCUT2D eigenvalue weighted by molar-refractivity contribution is 7.91. The second kappa shape index (κ2) is 7.25. The summed E-state index contributed by atoms with van der Waals surface area (Å²) in [5.74, 6) is 2.13. The highest BCUT2D eigenvalue weighted by Gasteiger charge is 2.55. The van der Waals surface area contributed by atoms with Crippen LogP contribution in [0.1, 0.15) is 39.0 Å². The van der Waals surface area contributed by atoms with Gasteiger partial charge in [0.15, 0.2) is 16.1 Å². The van der Waals surface area contributed by atoms with Gasteiger partial charge < -0.3 is 9.47 Å². The van der Waals surface area contributed by atoms with Crippen LogP contribution in [0.3, 0.4) is 0 Å². The molecule has 144 valence electrons. The van der Waals surface area contributed by atoms with E-state index in [9.17, 15) is 8.42 Å². The molecule has 5 heteroatoms. The minimum Gasteiger partial charge on any atom is -0.356 e. The molecule has 0 bridgehead atoms. The number of sulfone groups is 1. The lowest BCUT2D eigenvalue weighted by Crippen LogP contribution is -2.46. The molecule has 2 saturated carbocycles. The third kappa shape index (κ3) is 3.23. The molecule has 1 saturated heterocycles. The van der Waals surface area contributed by atoms with E-state index in [4.69, 9.17) is 9.47 Å². The fourth-order valence-corrected chi connectivity index (χ4v) is 7.78. The SMILES string of the molecule is COC1OC(C)C2C1CC1CCCCC1[C@@H]2CS(=O)(=O)c1ccccc1. The van der Waals surface area contributed by atoms with Crippen LogP contribution >= 0.6 is 0 Å². The lowest BCUT2D eigenvalue weighted by atomic mass is 9.58. The summed E-state index contributed by atoms with van der Waals surface area (Å²) in [5, 5.41) is 0. The van der Waals surface area contributed by atoms with Crippen molar-refractivity contribution in [3.63, 3.8) is 0 Å². The first-order valence-electron chi connectivity index (χ1n) is 9.97. The highest BCUT2D eigenvalue weighted by Crippen LogP contribution is 2.55. The number of hydrogen-bond acceptors (Lipinski definition) is 4. The molecule has 1 aromatic rings. The average Bonchev–Trinajstić information content (AvgIpc) is 2.98. The molecule has 2 aliphatic carbocycles. The van der Waals surface area contributed by atoms with Gasteiger partial charge in [-0.3, -0.25) is 0 Å². The van der Waals surface area contributed by atoms with E-state index >= 15 is 0 Å². The monoisotopic (exact) mass is 378 g/mol. The van der Waals surface area contributed by atoms with Crippen molar-refractivity contribution in [2.75, 3.05) is 12.9 Å². The molecule has 0 N–H and O–H groups in total. The molecule has 7 atom stereocenters. The van der Waals surface area contributed by atoms with Crippen molar-refractivity contribution in [3.05, 3.63) is 30.3 Å². The van der Waals surface area contributed by atoms with Gasteiger partial charge in [-0.2, -0.15) is 0 Å². The number of ether oxygens (including phenoxy) is 2. The molecule has 3 fully saturated rings. The van der Waals surface area contributed by atoms with Crippen LogP contribution in [-0.2, 0) is 19.3 Å². The van der Waals surface area contributed by atoms with E-state index in [0.717, 1.165) is 12.8 Å². The second-order valence-electron chi connectivity index (χ2n) is 8.39. The van der Waals surface area contributed by atoms with Gasteiger partial charge in [0.25, 0.3) is 0 Å². The zero-order chi connectivity index (χ0) is 18.3. The van der Waals surface area contributed by atoms with Crippen molar-refractivity contribution < 1.29 is 17.9 Å². The van der Waals surface area contributed by atoms with Gasteiger partial charge in [0.05, 0.1) is 16.8 Å². The van der Waals surface area contributed by atoms with Crippen molar-refractivity contribution in [1.82, 2.24) is 0 Å². The predicted molar refractivity (Wildman–Crippen MR) is 100 cm³/mol. The Kier molecular flexibility index (Phi) is 5.15. The summed E-state index contributed by atoms with van der Waals surface area (Å²) in [6.45, 7) is 2.10. The van der Waals surface area contributed by atoms with Crippen LogP contribution in [0, 0.1) is 29.6 Å². The van der Waals surface area contributed by atoms with Gasteiger partial charge in [0.2, 0.25) is 0 Å². The fraction of sp³-hybridized carbons (Fsp3) is 0.714. The molecule has 4 rings (SSSR count). The van der Waals surface area contributed by atoms with Crippen molar-refractivity contribution in [1.29, 1.82) is 0 Å². The van der Waals surface area contributed by atoms with Gasteiger partial charge in [-0.05, 0) is 55.6 Å². The Labute approximate surface area is 157 Å². The Balaban J connectivity index is 1.66. The summed E-state index contributed by atoms with van der Waals surface area (Å²) in [7, 11) is -1.58. The smallest absolute Gasteiger partial charge is 0.178 e. The van der Waals surface area contributed by atoms with Crippen LogP contribution in [0.5, 0.6) is 0 Å². The maximum absolute atomic E-state index is 13.1. The van der Waals surface area contributed by atoms with Gasteiger partial charge in [0.1, 0.15) is 0 Å². The molecule has 0 spiro atoms. The first-order valence-corrected chi connectivity index (χ1v) is 11.6. The summed E-state index contributed by atoms with van der Waals surface area (Å²) in [4.78, 5) is 0.448. The maximum atomic E-state index is 13.1. The Morgan fingerprint density at radius 1 is 1.12 bits per heavy atom. The number of benzene rings is 1. The van der Waals surface area contributed by atoms with E-state index in [1.165, 1.54) is 19.3 Å². The Morgan fingerprint density at radius 2 is 1.85 bits per heavy atom. The number of methoxy groups -OCH3 is 1. The van der Waals surface area contributed by atoms with Gasteiger partial charge >= 0.3 is 0 Å². The molecule has 6 unspecified atom stereocenters. The molecule has 1 aliphatic heterocycles. The first kappa shape index (κ1) is 18.5. The lowest BCUT2D eigenvalue weighted by molar-refractivity contribution is -0.132. The minimum absolute atomic E-state index is 0.0591. The molecule has 4 nitrogen and oxygen atoms in total. The zero-order valence-corrected chi connectivity index (χ0v) is 16.5. The van der Waals surface area contributed by atoms with E-state index in [1.807, 2.05) is 18.2 Å². The molecule has 0 radical (unpaired) electrons. The molecule has 0 amide bonds. The Bertz CT molecular complexity index is 717. The Morgan fingerprint density at radius 3 is 2.58 bits per heavy atom. The van der Waals surface area contributed by atoms with E-state index < -0.39 is 9.84 Å². The van der Waals surface area contributed by atoms with Crippen LogP contribution in [0.15, 0.2) is 35.2 Å². The van der Waals surface area contributed by atoms with Crippen molar-refractivity contribution in [3.8, 4) is 0 Å². The van der Waals surface area contributed by atoms with Gasteiger partial charge in [-0.1, -0.05) is 37.5 Å². The van der Waals surface area contributed by atoms with Crippen LogP contribution in [0.2, 0.25) is 0 Å². The third-order valence-corrected chi connectivity index (χ3v) is 8.88. The summed E-state index contributed by atoms with van der Waals surface area (Å²) >= 11 is 0. The van der Waals surface area contributed by atoms with Crippen LogP contribution in [0.4, 0.5) is 0 Å². The standard InChI is InChI=1S/C21H30O4S/c1-14-20-18(21(24-2)25-14)12-15-8-6-7-11-17(15)19(20)13-26(22,23)16-9-4-3-5-10-16/h3-5,9-10,14-15,17-21H,6-8,11-13H2,1-2H3/t14?,15?,17?,18?,19-,20?,21?/m0/s1. The predicted octanol–water partition coefficient (Wildman–Crippen LogP) is 3.91. The summed E-state index contributed by atoms with van der Waals surface area (Å²) in [5.41, 5.74) is 0. The minimum atomic E-state index is -3.29. The number of rotatable bonds is 4. The lowest BCUT2D eigenvalue weighted by Gasteiger charge is -2.48. The quantitative estimate of drug-likeness (QED) is 0.797. The molecule has 3 aliphatic rings. The molecule has 0 aromatic heterocycles. The molecular weight excluding hydrogens is 348 g/mol. The van der Waals surface area contributed by atoms with E-state index in [1.54, 1.807) is 19.2 Å². The first-order chi connectivity index (χ1) is 12.5. The maximum Gasteiger partial charge on any atom is 0.178 e. The van der Waals surface area contributed by atoms with Gasteiger partial charge in [-0.25, -0.2) is 8.42 Å². The summed E-state index contributed by atoms with van der Waals surface area (Å²) < 4.78 is 38.0. The van der Waals surface area contributed by atoms with E-state index in [0.29, 0.717) is 22.6 Å². The molecule has 26 heavy (non-hydrogen) atoms. The summed E-state index contributed by atoms with van der Waals surface area (Å²) in [6, 6.07) is 8.93. The zero-order valence-electron chi connectivity index (χ0n) is 15.7. The van der Waals surface area contributed by atoms with E-state index in [2.05, 4.69) is 6.92 Å². The normalized spacial score (nSPS) is 40.0. The topological polar surface area (TPSA) is 52.6 Å². The van der Waals surface area contributed by atoms with Crippen molar-refractivity contribution in [2.24, 2.45) is 29.6 Å². The molecular formula is C21H30O4S. The van der Waals surface area contributed by atoms with Crippen LogP contribution in [0.25, 0.3) is 0 Å². The number of hydrogen-bond donors (Lipinski definition) is 0. The number of fused-ring (bicyclic) bond motifs is 2. The van der Waals surface area contributed by atoms with Crippen LogP contribution < -0.4 is 0 Å². The fourth-order valence-electron chi connectivity index (χ4n) is 6.04. The van der Waals surface area contributed by atoms with Crippen molar-refractivity contribution in [2.45, 2.75) is 56.3 Å². The third-order valence-electron chi connectivity index (χ3n) is 7.07. The van der Waals surface area contributed by atoms with E-state index in [-0.39, 0.29) is 30.0 Å². The van der Waals surface area contributed by atoms with Gasteiger partial charge in [0, 0.05) is 13.0 Å². The second-order valence-corrected chi connectivity index (χ2v) is 10.4. The van der Waals surface area contributed by atoms with Gasteiger partial charge in [-0.15, -0.1) is 0 Å².